The van der Waals surface area contributed by atoms with Crippen molar-refractivity contribution in [1.29, 1.82) is 0 Å². The quantitative estimate of drug-likeness (QED) is 0.308. The van der Waals surface area contributed by atoms with Gasteiger partial charge in [-0.15, -0.1) is 16.4 Å². The average molecular weight is 500 g/mol. The van der Waals surface area contributed by atoms with Crippen LogP contribution in [0.3, 0.4) is 0 Å². The average Bonchev–Trinajstić information content (AvgIpc) is 3.49. The van der Waals surface area contributed by atoms with E-state index in [2.05, 4.69) is 25.1 Å². The van der Waals surface area contributed by atoms with Gasteiger partial charge >= 0.3 is 6.18 Å². The molecule has 5 heterocycles. The number of thiophene rings is 1. The molecule has 0 aliphatic carbocycles. The summed E-state index contributed by atoms with van der Waals surface area (Å²) in [7, 11) is 0. The third-order valence-corrected chi connectivity index (χ3v) is 6.68. The van der Waals surface area contributed by atoms with Crippen molar-refractivity contribution < 1.29 is 13.2 Å². The van der Waals surface area contributed by atoms with Crippen LogP contribution in [0.25, 0.3) is 37.5 Å². The van der Waals surface area contributed by atoms with Crippen molar-refractivity contribution in [3.63, 3.8) is 0 Å². The summed E-state index contributed by atoms with van der Waals surface area (Å²) in [5.41, 5.74) is 2.47. The first-order valence-electron chi connectivity index (χ1n) is 10.1. The van der Waals surface area contributed by atoms with E-state index in [0.717, 1.165) is 28.5 Å². The first-order valence-corrected chi connectivity index (χ1v) is 11.3. The van der Waals surface area contributed by atoms with Crippen LogP contribution in [0.15, 0.2) is 49.1 Å². The Bertz CT molecular complexity index is 1700. The molecule has 0 saturated heterocycles. The predicted molar refractivity (Wildman–Crippen MR) is 123 cm³/mol. The molecule has 0 saturated carbocycles. The standard InChI is InChI=1S/C22H13ClF3N7S/c1-11-6-15(22(24,25)26)29-21-16(11)17-18(34-21)20-30-19(31-33(20)10-27-17)13-4-2-12(3-5-13)8-32-9-14(23)7-28-32/h2-7,9-10H,8H2,1H3. The molecule has 1 aromatic carbocycles. The predicted octanol–water partition coefficient (Wildman–Crippen LogP) is 5.78. The maximum Gasteiger partial charge on any atom is 0.433 e. The van der Waals surface area contributed by atoms with Crippen molar-refractivity contribution in [1.82, 2.24) is 34.3 Å². The number of hydrogen-bond acceptors (Lipinski definition) is 6. The van der Waals surface area contributed by atoms with Gasteiger partial charge in [-0.3, -0.25) is 4.68 Å². The molecule has 5 aromatic heterocycles. The molecule has 0 unspecified atom stereocenters. The number of aryl methyl sites for hydroxylation is 1. The Morgan fingerprint density at radius 1 is 1.12 bits per heavy atom. The van der Waals surface area contributed by atoms with Crippen molar-refractivity contribution in [2.75, 3.05) is 0 Å². The fourth-order valence-electron chi connectivity index (χ4n) is 3.85. The van der Waals surface area contributed by atoms with Crippen LogP contribution in [0.1, 0.15) is 16.8 Å². The minimum Gasteiger partial charge on any atom is -0.267 e. The van der Waals surface area contributed by atoms with Gasteiger partial charge in [0, 0.05) is 17.1 Å². The lowest BCUT2D eigenvalue weighted by molar-refractivity contribution is -0.141. The van der Waals surface area contributed by atoms with Gasteiger partial charge in [0.1, 0.15) is 21.6 Å². The van der Waals surface area contributed by atoms with Crippen LogP contribution in [-0.2, 0) is 12.7 Å². The van der Waals surface area contributed by atoms with Crippen molar-refractivity contribution >= 4 is 49.0 Å². The molecular weight excluding hydrogens is 487 g/mol. The van der Waals surface area contributed by atoms with Crippen molar-refractivity contribution in [3.8, 4) is 11.4 Å². The highest BCUT2D eigenvalue weighted by Gasteiger charge is 2.33. The fraction of sp³-hybridized carbons (Fsp3) is 0.136. The minimum atomic E-state index is -4.52. The maximum atomic E-state index is 13.2. The third-order valence-electron chi connectivity index (χ3n) is 5.41. The van der Waals surface area contributed by atoms with Gasteiger partial charge in [-0.05, 0) is 24.1 Å². The normalized spacial score (nSPS) is 12.4. The van der Waals surface area contributed by atoms with Crippen molar-refractivity contribution in [3.05, 3.63) is 70.9 Å². The molecule has 170 valence electrons. The van der Waals surface area contributed by atoms with Gasteiger partial charge in [0.2, 0.25) is 0 Å². The Hall–Kier alpha value is -3.57. The van der Waals surface area contributed by atoms with Crippen LogP contribution in [0.4, 0.5) is 13.2 Å². The van der Waals surface area contributed by atoms with E-state index in [9.17, 15) is 13.2 Å². The number of pyridine rings is 1. The molecule has 0 aliphatic heterocycles. The van der Waals surface area contributed by atoms with Gasteiger partial charge in [-0.1, -0.05) is 35.9 Å². The molecule has 0 spiro atoms. The molecule has 0 radical (unpaired) electrons. The Labute approximate surface area is 198 Å². The van der Waals surface area contributed by atoms with Gasteiger partial charge in [-0.2, -0.15) is 18.3 Å². The summed E-state index contributed by atoms with van der Waals surface area (Å²) < 4.78 is 43.6. The summed E-state index contributed by atoms with van der Waals surface area (Å²) in [6, 6.07) is 8.78. The summed E-state index contributed by atoms with van der Waals surface area (Å²) in [6.07, 6.45) is 0.333. The van der Waals surface area contributed by atoms with Crippen LogP contribution in [-0.4, -0.2) is 34.3 Å². The van der Waals surface area contributed by atoms with E-state index in [1.807, 2.05) is 24.3 Å². The number of fused-ring (bicyclic) bond motifs is 5. The third kappa shape index (κ3) is 3.48. The van der Waals surface area contributed by atoms with Crippen molar-refractivity contribution in [2.24, 2.45) is 0 Å². The molecule has 0 aliphatic rings. The van der Waals surface area contributed by atoms with Gasteiger partial charge < -0.3 is 0 Å². The van der Waals surface area contributed by atoms with Crippen molar-refractivity contribution in [2.45, 2.75) is 19.6 Å². The molecule has 0 amide bonds. The van der Waals surface area contributed by atoms with Gasteiger partial charge in [0.05, 0.1) is 23.3 Å². The number of nitrogens with zero attached hydrogens (tertiary/aromatic N) is 7. The zero-order chi connectivity index (χ0) is 23.6. The molecular formula is C22H13ClF3N7S. The highest BCUT2D eigenvalue weighted by Crippen LogP contribution is 2.38. The Morgan fingerprint density at radius 3 is 2.62 bits per heavy atom. The number of alkyl halides is 3. The monoisotopic (exact) mass is 499 g/mol. The second kappa shape index (κ2) is 7.47. The Morgan fingerprint density at radius 2 is 1.91 bits per heavy atom. The van der Waals surface area contributed by atoms with Crippen LogP contribution in [0.5, 0.6) is 0 Å². The molecule has 34 heavy (non-hydrogen) atoms. The van der Waals surface area contributed by atoms with Gasteiger partial charge in [0.25, 0.3) is 0 Å². The summed E-state index contributed by atoms with van der Waals surface area (Å²) in [5, 5.41) is 9.87. The number of rotatable bonds is 3. The molecule has 0 N–H and O–H groups in total. The van der Waals surface area contributed by atoms with E-state index < -0.39 is 11.9 Å². The number of aromatic nitrogens is 7. The molecule has 6 rings (SSSR count). The first kappa shape index (κ1) is 21.0. The van der Waals surface area contributed by atoms with Gasteiger partial charge in [0.15, 0.2) is 11.5 Å². The molecule has 0 fully saturated rings. The topological polar surface area (TPSA) is 73.8 Å². The van der Waals surface area contributed by atoms with E-state index in [1.54, 1.807) is 24.0 Å². The second-order valence-corrected chi connectivity index (χ2v) is 9.22. The Balaban J connectivity index is 1.42. The summed E-state index contributed by atoms with van der Waals surface area (Å²) in [6.45, 7) is 2.20. The smallest absolute Gasteiger partial charge is 0.267 e. The number of halogens is 4. The van der Waals surface area contributed by atoms with E-state index in [-0.39, 0.29) is 4.83 Å². The SMILES string of the molecule is Cc1cc(C(F)(F)F)nc2sc3c(ncn4nc(-c5ccc(Cn6cc(Cl)cn6)cc5)nc34)c12. The van der Waals surface area contributed by atoms with Gasteiger partial charge in [-0.25, -0.2) is 19.5 Å². The Kier molecular flexibility index (Phi) is 4.61. The fourth-order valence-corrected chi connectivity index (χ4v) is 5.18. The zero-order valence-corrected chi connectivity index (χ0v) is 18.9. The lowest BCUT2D eigenvalue weighted by atomic mass is 10.1. The summed E-state index contributed by atoms with van der Waals surface area (Å²) in [5.74, 6) is 0.487. The van der Waals surface area contributed by atoms with Crippen LogP contribution in [0.2, 0.25) is 5.02 Å². The summed E-state index contributed by atoms with van der Waals surface area (Å²) in [4.78, 5) is 13.2. The first-order chi connectivity index (χ1) is 16.3. The maximum absolute atomic E-state index is 13.2. The lowest BCUT2D eigenvalue weighted by Crippen LogP contribution is -2.07. The largest absolute Gasteiger partial charge is 0.433 e. The number of hydrogen-bond donors (Lipinski definition) is 0. The molecule has 6 aromatic rings. The van der Waals surface area contributed by atoms with E-state index in [0.29, 0.717) is 44.2 Å². The lowest BCUT2D eigenvalue weighted by Gasteiger charge is -2.06. The molecule has 0 atom stereocenters. The van der Waals surface area contributed by atoms with Crippen LogP contribution in [0, 0.1) is 6.92 Å². The summed E-state index contributed by atoms with van der Waals surface area (Å²) >= 11 is 7.05. The van der Waals surface area contributed by atoms with Crippen LogP contribution < -0.4 is 0 Å². The molecule has 12 heteroatoms. The second-order valence-electron chi connectivity index (χ2n) is 7.78. The van der Waals surface area contributed by atoms with E-state index in [4.69, 9.17) is 11.6 Å². The van der Waals surface area contributed by atoms with Crippen LogP contribution >= 0.6 is 22.9 Å². The highest BCUT2D eigenvalue weighted by atomic mass is 35.5. The zero-order valence-electron chi connectivity index (χ0n) is 17.4. The molecule has 7 nitrogen and oxygen atoms in total. The molecule has 0 bridgehead atoms. The minimum absolute atomic E-state index is 0.274. The van der Waals surface area contributed by atoms with E-state index in [1.165, 1.54) is 10.8 Å². The number of benzene rings is 1. The van der Waals surface area contributed by atoms with E-state index >= 15 is 0 Å². The highest BCUT2D eigenvalue weighted by molar-refractivity contribution is 7.26.